The summed E-state index contributed by atoms with van der Waals surface area (Å²) >= 11 is 5.89. The maximum atomic E-state index is 12.4. The molecule has 0 atom stereocenters. The minimum absolute atomic E-state index is 0.00580. The Labute approximate surface area is 135 Å². The number of anilines is 1. The molecule has 1 aliphatic heterocycles. The van der Waals surface area contributed by atoms with E-state index in [1.54, 1.807) is 13.0 Å². The minimum atomic E-state index is -0.412. The predicted octanol–water partition coefficient (Wildman–Crippen LogP) is 0.741. The number of methoxy groups -OCH3 is 1. The Balaban J connectivity index is 1.99. The highest BCUT2D eigenvalue weighted by Crippen LogP contribution is 2.33. The lowest BCUT2D eigenvalue weighted by atomic mass is 10.1. The number of aromatic amines is 1. The van der Waals surface area contributed by atoms with E-state index in [-0.39, 0.29) is 16.7 Å². The molecule has 9 nitrogen and oxygen atoms in total. The van der Waals surface area contributed by atoms with Crippen LogP contribution in [-0.4, -0.2) is 39.4 Å². The highest BCUT2D eigenvalue weighted by atomic mass is 35.5. The largest absolute Gasteiger partial charge is 0.869 e. The van der Waals surface area contributed by atoms with Crippen molar-refractivity contribution in [3.8, 4) is 11.5 Å². The molecule has 0 saturated carbocycles. The van der Waals surface area contributed by atoms with Crippen LogP contribution in [0.2, 0.25) is 5.02 Å². The third-order valence-electron chi connectivity index (χ3n) is 3.15. The Morgan fingerprint density at radius 2 is 2.22 bits per heavy atom. The van der Waals surface area contributed by atoms with Crippen molar-refractivity contribution in [2.45, 2.75) is 6.92 Å². The molecule has 1 aliphatic rings. The number of rotatable bonds is 3. The van der Waals surface area contributed by atoms with Crippen molar-refractivity contribution in [1.29, 1.82) is 0 Å². The summed E-state index contributed by atoms with van der Waals surface area (Å²) < 4.78 is 4.98. The van der Waals surface area contributed by atoms with Crippen LogP contribution in [0.1, 0.15) is 12.5 Å². The van der Waals surface area contributed by atoms with E-state index in [0.717, 1.165) is 5.01 Å². The average molecular weight is 334 g/mol. The Kier molecular flexibility index (Phi) is 3.70. The molecule has 0 aliphatic carbocycles. The molecule has 1 N–H and O–H groups in total. The molecule has 0 saturated heterocycles. The van der Waals surface area contributed by atoms with E-state index < -0.39 is 11.7 Å². The summed E-state index contributed by atoms with van der Waals surface area (Å²) in [6.45, 7) is 1.67. The lowest BCUT2D eigenvalue weighted by molar-refractivity contribution is -0.269. The highest BCUT2D eigenvalue weighted by molar-refractivity contribution is 6.33. The van der Waals surface area contributed by atoms with E-state index in [1.807, 2.05) is 0 Å². The lowest BCUT2D eigenvalue weighted by Crippen LogP contribution is -2.22. The van der Waals surface area contributed by atoms with Gasteiger partial charge in [0.05, 0.1) is 18.4 Å². The van der Waals surface area contributed by atoms with Gasteiger partial charge in [-0.15, -0.1) is 5.10 Å². The van der Waals surface area contributed by atoms with Gasteiger partial charge < -0.3 is 9.84 Å². The first-order valence-electron chi connectivity index (χ1n) is 6.41. The number of ether oxygens (including phenoxy) is 1. The smallest absolute Gasteiger partial charge is 0.293 e. The van der Waals surface area contributed by atoms with Crippen LogP contribution in [-0.2, 0) is 4.79 Å². The van der Waals surface area contributed by atoms with Gasteiger partial charge in [0.25, 0.3) is 11.9 Å². The van der Waals surface area contributed by atoms with E-state index in [2.05, 4.69) is 25.7 Å². The highest BCUT2D eigenvalue weighted by Gasteiger charge is 2.31. The second kappa shape index (κ2) is 5.69. The third kappa shape index (κ3) is 2.61. The molecular weight excluding hydrogens is 324 g/mol. The zero-order valence-corrected chi connectivity index (χ0v) is 12.8. The number of benzene rings is 1. The lowest BCUT2D eigenvalue weighted by Gasteiger charge is -2.15. The summed E-state index contributed by atoms with van der Waals surface area (Å²) in [7, 11) is 1.37. The number of carbonyl (C=O) groups excluding carboxylic acids is 1. The standard InChI is InChI=1S/C13H11ClN6O3/c1-6-8(12(22)20(17-6)13-15-18-19-16-13)3-7-4-9(14)11(21)10(5-7)23-2/h3-5,21H,1-2H3,(H,15,16,18,19)/p-1/b8-3-. The van der Waals surface area contributed by atoms with Gasteiger partial charge in [0.2, 0.25) is 0 Å². The number of H-pyrrole nitrogens is 1. The molecule has 23 heavy (non-hydrogen) atoms. The van der Waals surface area contributed by atoms with Crippen LogP contribution in [0.5, 0.6) is 11.5 Å². The summed E-state index contributed by atoms with van der Waals surface area (Å²) in [6, 6.07) is 2.95. The molecule has 10 heteroatoms. The van der Waals surface area contributed by atoms with Gasteiger partial charge in [0.1, 0.15) is 5.75 Å². The molecule has 1 aromatic carbocycles. The van der Waals surface area contributed by atoms with E-state index in [0.29, 0.717) is 16.8 Å². The number of amides is 1. The van der Waals surface area contributed by atoms with Crippen LogP contribution in [0.15, 0.2) is 22.8 Å². The maximum absolute atomic E-state index is 12.4. The van der Waals surface area contributed by atoms with Gasteiger partial charge in [-0.3, -0.25) is 4.79 Å². The molecule has 1 aromatic heterocycles. The van der Waals surface area contributed by atoms with Gasteiger partial charge >= 0.3 is 0 Å². The minimum Gasteiger partial charge on any atom is -0.869 e. The van der Waals surface area contributed by atoms with Crippen LogP contribution >= 0.6 is 11.6 Å². The van der Waals surface area contributed by atoms with Gasteiger partial charge in [-0.05, 0) is 41.7 Å². The van der Waals surface area contributed by atoms with Crippen LogP contribution in [0.25, 0.3) is 6.08 Å². The fourth-order valence-electron chi connectivity index (χ4n) is 2.06. The van der Waals surface area contributed by atoms with Crippen molar-refractivity contribution in [3.05, 3.63) is 28.3 Å². The molecule has 118 valence electrons. The number of hydrazone groups is 1. The van der Waals surface area contributed by atoms with Crippen LogP contribution in [0.4, 0.5) is 5.95 Å². The molecule has 0 spiro atoms. The number of tetrazole rings is 1. The number of halogens is 1. The monoisotopic (exact) mass is 333 g/mol. The number of nitrogens with zero attached hydrogens (tertiary/aromatic N) is 5. The summed E-state index contributed by atoms with van der Waals surface area (Å²) in [6.07, 6.45) is 1.56. The number of hydrogen-bond donors (Lipinski definition) is 1. The second-order valence-corrected chi connectivity index (χ2v) is 5.01. The van der Waals surface area contributed by atoms with Crippen molar-refractivity contribution in [2.75, 3.05) is 12.1 Å². The van der Waals surface area contributed by atoms with Crippen molar-refractivity contribution in [3.63, 3.8) is 0 Å². The summed E-state index contributed by atoms with van der Waals surface area (Å²) in [4.78, 5) is 12.4. The van der Waals surface area contributed by atoms with E-state index in [1.165, 1.54) is 19.2 Å². The van der Waals surface area contributed by atoms with E-state index in [4.69, 9.17) is 16.3 Å². The first kappa shape index (κ1) is 15.0. The molecule has 2 aromatic rings. The average Bonchev–Trinajstić information content (AvgIpc) is 3.14. The van der Waals surface area contributed by atoms with Gasteiger partial charge in [-0.2, -0.15) is 15.3 Å². The molecule has 0 radical (unpaired) electrons. The molecule has 0 fully saturated rings. The van der Waals surface area contributed by atoms with Gasteiger partial charge in [0, 0.05) is 5.02 Å². The number of hydrogen-bond acceptors (Lipinski definition) is 7. The van der Waals surface area contributed by atoms with Gasteiger partial charge in [-0.1, -0.05) is 16.7 Å². The van der Waals surface area contributed by atoms with Crippen molar-refractivity contribution in [2.24, 2.45) is 5.10 Å². The SMILES string of the molecule is COc1cc(/C=C2\C(=O)N(c3nn[nH]n3)N=C2C)cc(Cl)c1[O-]. The van der Waals surface area contributed by atoms with Crippen molar-refractivity contribution < 1.29 is 14.6 Å². The van der Waals surface area contributed by atoms with Gasteiger partial charge in [0.15, 0.2) is 0 Å². The Bertz CT molecular complexity index is 830. The summed E-state index contributed by atoms with van der Waals surface area (Å²) in [5.74, 6) is -0.680. The van der Waals surface area contributed by atoms with Crippen molar-refractivity contribution in [1.82, 2.24) is 20.6 Å². The molecule has 0 unspecified atom stereocenters. The molecule has 2 heterocycles. The Morgan fingerprint density at radius 1 is 1.43 bits per heavy atom. The van der Waals surface area contributed by atoms with Gasteiger partial charge in [-0.25, -0.2) is 0 Å². The summed E-state index contributed by atoms with van der Waals surface area (Å²) in [5, 5.41) is 29.9. The Hall–Kier alpha value is -2.94. The number of nitrogens with one attached hydrogen (secondary N) is 1. The number of aromatic nitrogens is 4. The summed E-state index contributed by atoms with van der Waals surface area (Å²) in [5.41, 5.74) is 1.34. The number of carbonyl (C=O) groups is 1. The second-order valence-electron chi connectivity index (χ2n) is 4.61. The first-order chi connectivity index (χ1) is 11.0. The fraction of sp³-hybridized carbons (Fsp3) is 0.154. The normalized spacial score (nSPS) is 16.1. The zero-order chi connectivity index (χ0) is 16.6. The van der Waals surface area contributed by atoms with Crippen LogP contribution in [0, 0.1) is 0 Å². The first-order valence-corrected chi connectivity index (χ1v) is 6.78. The fourth-order valence-corrected chi connectivity index (χ4v) is 2.28. The third-order valence-corrected chi connectivity index (χ3v) is 3.43. The van der Waals surface area contributed by atoms with Crippen LogP contribution in [0.3, 0.4) is 0 Å². The zero-order valence-electron chi connectivity index (χ0n) is 12.1. The van der Waals surface area contributed by atoms with Crippen LogP contribution < -0.4 is 14.9 Å². The molecule has 1 amide bonds. The molecular formula is C13H10ClN6O3-. The predicted molar refractivity (Wildman–Crippen MR) is 80.2 cm³/mol. The topological polar surface area (TPSA) is 119 Å². The van der Waals surface area contributed by atoms with E-state index >= 15 is 0 Å². The quantitative estimate of drug-likeness (QED) is 0.827. The van der Waals surface area contributed by atoms with Crippen molar-refractivity contribution >= 4 is 35.2 Å². The Morgan fingerprint density at radius 3 is 2.87 bits per heavy atom. The van der Waals surface area contributed by atoms with E-state index in [9.17, 15) is 9.90 Å². The molecule has 3 rings (SSSR count). The maximum Gasteiger partial charge on any atom is 0.293 e. The molecule has 0 bridgehead atoms.